The molecule has 0 radical (unpaired) electrons. The summed E-state index contributed by atoms with van der Waals surface area (Å²) >= 11 is 0. The van der Waals surface area contributed by atoms with Gasteiger partial charge >= 0.3 is 5.97 Å². The van der Waals surface area contributed by atoms with Gasteiger partial charge in [-0.2, -0.15) is 0 Å². The van der Waals surface area contributed by atoms with E-state index in [1.54, 1.807) is 24.3 Å². The van der Waals surface area contributed by atoms with Crippen molar-refractivity contribution in [2.75, 3.05) is 6.54 Å². The second-order valence-corrected chi connectivity index (χ2v) is 6.15. The van der Waals surface area contributed by atoms with Gasteiger partial charge in [-0.15, -0.1) is 0 Å². The van der Waals surface area contributed by atoms with E-state index in [9.17, 15) is 19.2 Å². The summed E-state index contributed by atoms with van der Waals surface area (Å²) in [6.07, 6.45) is 0.182. The second kappa shape index (κ2) is 7.25. The summed E-state index contributed by atoms with van der Waals surface area (Å²) in [5.41, 5.74) is 0.650. The van der Waals surface area contributed by atoms with Crippen LogP contribution in [0.5, 0.6) is 0 Å². The number of carbonyl (C=O) groups is 4. The fourth-order valence-electron chi connectivity index (χ4n) is 2.61. The Labute approximate surface area is 139 Å². The van der Waals surface area contributed by atoms with Gasteiger partial charge in [-0.3, -0.25) is 19.3 Å². The average molecular weight is 332 g/mol. The van der Waals surface area contributed by atoms with Crippen molar-refractivity contribution in [1.82, 2.24) is 10.2 Å². The molecule has 1 unspecified atom stereocenters. The van der Waals surface area contributed by atoms with Crippen molar-refractivity contribution in [2.24, 2.45) is 5.92 Å². The molecule has 1 aromatic rings. The molecule has 1 aromatic carbocycles. The first-order chi connectivity index (χ1) is 11.3. The predicted molar refractivity (Wildman–Crippen MR) is 85.4 cm³/mol. The predicted octanol–water partition coefficient (Wildman–Crippen LogP) is 1.29. The van der Waals surface area contributed by atoms with E-state index < -0.39 is 29.7 Å². The number of nitrogens with one attached hydrogen (secondary N) is 1. The maximum absolute atomic E-state index is 12.2. The van der Waals surface area contributed by atoms with Crippen LogP contribution >= 0.6 is 0 Å². The number of amides is 3. The highest BCUT2D eigenvalue weighted by atomic mass is 16.4. The fraction of sp³-hybridized carbons (Fsp3) is 0.412. The summed E-state index contributed by atoms with van der Waals surface area (Å²) in [5.74, 6) is -2.35. The number of aliphatic carboxylic acids is 1. The maximum Gasteiger partial charge on any atom is 0.326 e. The number of imide groups is 1. The Morgan fingerprint density at radius 3 is 2.12 bits per heavy atom. The number of rotatable bonds is 7. The molecule has 128 valence electrons. The van der Waals surface area contributed by atoms with E-state index in [2.05, 4.69) is 5.32 Å². The van der Waals surface area contributed by atoms with E-state index in [4.69, 9.17) is 5.11 Å². The van der Waals surface area contributed by atoms with E-state index in [1.165, 1.54) is 0 Å². The van der Waals surface area contributed by atoms with Crippen LogP contribution in [0.1, 0.15) is 47.4 Å². The van der Waals surface area contributed by atoms with Crippen LogP contribution in [-0.4, -0.2) is 46.3 Å². The molecule has 1 heterocycles. The first kappa shape index (κ1) is 17.7. The Hall–Kier alpha value is -2.70. The minimum absolute atomic E-state index is 0.0772. The first-order valence-electron chi connectivity index (χ1n) is 7.78. The van der Waals surface area contributed by atoms with Gasteiger partial charge in [0, 0.05) is 13.0 Å². The smallest absolute Gasteiger partial charge is 0.326 e. The lowest BCUT2D eigenvalue weighted by atomic mass is 10.0. The number of hydrogen-bond acceptors (Lipinski definition) is 4. The monoisotopic (exact) mass is 332 g/mol. The summed E-state index contributed by atoms with van der Waals surface area (Å²) in [4.78, 5) is 48.5. The molecule has 7 heteroatoms. The lowest BCUT2D eigenvalue weighted by molar-refractivity contribution is -0.142. The minimum Gasteiger partial charge on any atom is -0.480 e. The van der Waals surface area contributed by atoms with Crippen molar-refractivity contribution < 1.29 is 24.3 Å². The molecule has 3 amide bonds. The molecule has 1 aliphatic rings. The number of fused-ring (bicyclic) bond motifs is 1. The third-order valence-electron chi connectivity index (χ3n) is 3.78. The Balaban J connectivity index is 1.94. The zero-order chi connectivity index (χ0) is 17.9. The van der Waals surface area contributed by atoms with Gasteiger partial charge in [-0.25, -0.2) is 4.79 Å². The normalized spacial score (nSPS) is 14.7. The van der Waals surface area contributed by atoms with Crippen LogP contribution in [0.15, 0.2) is 24.3 Å². The molecular weight excluding hydrogens is 312 g/mol. The van der Waals surface area contributed by atoms with Gasteiger partial charge in [0.15, 0.2) is 0 Å². The van der Waals surface area contributed by atoms with Gasteiger partial charge in [-0.05, 0) is 24.5 Å². The molecule has 0 spiro atoms. The van der Waals surface area contributed by atoms with E-state index >= 15 is 0 Å². The van der Waals surface area contributed by atoms with E-state index in [0.717, 1.165) is 4.90 Å². The highest BCUT2D eigenvalue weighted by Gasteiger charge is 2.35. The van der Waals surface area contributed by atoms with E-state index in [1.807, 2.05) is 13.8 Å². The first-order valence-corrected chi connectivity index (χ1v) is 7.78. The third kappa shape index (κ3) is 3.79. The third-order valence-corrected chi connectivity index (χ3v) is 3.78. The lowest BCUT2D eigenvalue weighted by Gasteiger charge is -2.18. The van der Waals surface area contributed by atoms with Crippen molar-refractivity contribution in [3.8, 4) is 0 Å². The van der Waals surface area contributed by atoms with Gasteiger partial charge in [0.25, 0.3) is 11.8 Å². The lowest BCUT2D eigenvalue weighted by Crippen LogP contribution is -2.43. The van der Waals surface area contributed by atoms with Crippen LogP contribution in [0.3, 0.4) is 0 Å². The molecule has 0 aromatic heterocycles. The largest absolute Gasteiger partial charge is 0.480 e. The molecular formula is C17H20N2O5. The van der Waals surface area contributed by atoms with Gasteiger partial charge < -0.3 is 10.4 Å². The molecule has 0 saturated heterocycles. The van der Waals surface area contributed by atoms with Crippen LogP contribution in [0, 0.1) is 5.92 Å². The topological polar surface area (TPSA) is 104 Å². The molecule has 0 fully saturated rings. The highest BCUT2D eigenvalue weighted by molar-refractivity contribution is 6.21. The molecule has 7 nitrogen and oxygen atoms in total. The second-order valence-electron chi connectivity index (χ2n) is 6.15. The number of carboxylic acid groups (broad SMARTS) is 1. The van der Waals surface area contributed by atoms with E-state index in [0.29, 0.717) is 17.5 Å². The van der Waals surface area contributed by atoms with Gasteiger partial charge in [0.05, 0.1) is 11.1 Å². The van der Waals surface area contributed by atoms with Gasteiger partial charge in [0.2, 0.25) is 5.91 Å². The SMILES string of the molecule is CC(C)CC(NC(=O)CCN1C(=O)c2ccccc2C1=O)C(=O)O. The minimum atomic E-state index is -1.10. The number of nitrogens with zero attached hydrogens (tertiary/aromatic N) is 1. The van der Waals surface area contributed by atoms with Crippen LogP contribution < -0.4 is 5.32 Å². The summed E-state index contributed by atoms with van der Waals surface area (Å²) < 4.78 is 0. The zero-order valence-electron chi connectivity index (χ0n) is 13.6. The van der Waals surface area contributed by atoms with Gasteiger partial charge in [-0.1, -0.05) is 26.0 Å². The Kier molecular flexibility index (Phi) is 5.33. The zero-order valence-corrected chi connectivity index (χ0v) is 13.6. The molecule has 1 aliphatic heterocycles. The standard InChI is InChI=1S/C17H20N2O5/c1-10(2)9-13(17(23)24)18-14(20)7-8-19-15(21)11-5-3-4-6-12(11)16(19)22/h3-6,10,13H,7-9H2,1-2H3,(H,18,20)(H,23,24). The molecule has 24 heavy (non-hydrogen) atoms. The van der Waals surface area contributed by atoms with Crippen LogP contribution in [0.2, 0.25) is 0 Å². The Morgan fingerprint density at radius 2 is 1.67 bits per heavy atom. The summed E-state index contributed by atoms with van der Waals surface area (Å²) in [5, 5.41) is 11.6. The van der Waals surface area contributed by atoms with Crippen LogP contribution in [-0.2, 0) is 9.59 Å². The van der Waals surface area contributed by atoms with Crippen molar-refractivity contribution in [3.63, 3.8) is 0 Å². The quantitative estimate of drug-likeness (QED) is 0.732. The van der Waals surface area contributed by atoms with Crippen molar-refractivity contribution in [3.05, 3.63) is 35.4 Å². The van der Waals surface area contributed by atoms with Crippen molar-refractivity contribution >= 4 is 23.7 Å². The number of carboxylic acids is 1. The molecule has 2 N–H and O–H groups in total. The Morgan fingerprint density at radius 1 is 1.12 bits per heavy atom. The summed E-state index contributed by atoms with van der Waals surface area (Å²) in [6.45, 7) is 3.65. The van der Waals surface area contributed by atoms with E-state index in [-0.39, 0.29) is 18.9 Å². The van der Waals surface area contributed by atoms with Crippen molar-refractivity contribution in [2.45, 2.75) is 32.7 Å². The number of benzene rings is 1. The molecule has 2 rings (SSSR count). The molecule has 0 aliphatic carbocycles. The molecule has 0 saturated carbocycles. The summed E-state index contributed by atoms with van der Waals surface area (Å²) in [6, 6.07) is 5.50. The van der Waals surface area contributed by atoms with Crippen LogP contribution in [0.25, 0.3) is 0 Å². The van der Waals surface area contributed by atoms with Gasteiger partial charge in [0.1, 0.15) is 6.04 Å². The Bertz CT molecular complexity index is 648. The van der Waals surface area contributed by atoms with Crippen molar-refractivity contribution in [1.29, 1.82) is 0 Å². The number of carbonyl (C=O) groups excluding carboxylic acids is 3. The maximum atomic E-state index is 12.2. The number of hydrogen-bond donors (Lipinski definition) is 2. The average Bonchev–Trinajstić information content (AvgIpc) is 2.76. The summed E-state index contributed by atoms with van der Waals surface area (Å²) in [7, 11) is 0. The fourth-order valence-corrected chi connectivity index (χ4v) is 2.61. The molecule has 1 atom stereocenters. The van der Waals surface area contributed by atoms with Crippen LogP contribution in [0.4, 0.5) is 0 Å². The highest BCUT2D eigenvalue weighted by Crippen LogP contribution is 2.22. The molecule has 0 bridgehead atoms.